The van der Waals surface area contributed by atoms with E-state index in [4.69, 9.17) is 0 Å². The normalized spacial score (nSPS) is 12.4. The van der Waals surface area contributed by atoms with E-state index in [9.17, 15) is 0 Å². The predicted octanol–water partition coefficient (Wildman–Crippen LogP) is 7.01. The highest BCUT2D eigenvalue weighted by molar-refractivity contribution is 7.97. The maximum atomic E-state index is 4.28. The molecule has 178 valence electrons. The van der Waals surface area contributed by atoms with Crippen LogP contribution in [-0.4, -0.2) is 5.90 Å². The molecule has 0 aliphatic carbocycles. The summed E-state index contributed by atoms with van der Waals surface area (Å²) in [6.45, 7) is 2.31. The minimum atomic E-state index is -2.03. The zero-order chi connectivity index (χ0) is 24.6. The molecule has 0 amide bonds. The fourth-order valence-corrected chi connectivity index (χ4v) is 13.5. The van der Waals surface area contributed by atoms with Crippen molar-refractivity contribution in [1.29, 1.82) is 0 Å². The Morgan fingerprint density at radius 1 is 0.528 bits per heavy atom. The molecule has 1 unspecified atom stereocenters. The lowest BCUT2D eigenvalue weighted by molar-refractivity contribution is 0.743. The largest absolute Gasteiger partial charge is 0.176 e. The average molecular weight is 505 g/mol. The van der Waals surface area contributed by atoms with Crippen LogP contribution in [0.4, 0.5) is 0 Å². The van der Waals surface area contributed by atoms with Crippen LogP contribution in [0.2, 0.25) is 0 Å². The van der Waals surface area contributed by atoms with Crippen LogP contribution in [0.1, 0.15) is 18.5 Å². The van der Waals surface area contributed by atoms with Gasteiger partial charge >= 0.3 is 0 Å². The molecule has 0 heterocycles. The third kappa shape index (κ3) is 5.50. The molecule has 1 atom stereocenters. The van der Waals surface area contributed by atoms with Crippen molar-refractivity contribution in [1.82, 2.24) is 5.09 Å². The van der Waals surface area contributed by atoms with E-state index in [1.165, 1.54) is 26.8 Å². The summed E-state index contributed by atoms with van der Waals surface area (Å²) < 4.78 is 0. The van der Waals surface area contributed by atoms with E-state index in [-0.39, 0.29) is 6.04 Å². The maximum absolute atomic E-state index is 4.28. The molecule has 0 aliphatic heterocycles. The van der Waals surface area contributed by atoms with Crippen molar-refractivity contribution in [2.45, 2.75) is 13.0 Å². The van der Waals surface area contributed by atoms with E-state index in [1.807, 2.05) is 0 Å². The van der Waals surface area contributed by atoms with E-state index < -0.39 is 15.3 Å². The quantitative estimate of drug-likeness (QED) is 0.213. The van der Waals surface area contributed by atoms with Crippen LogP contribution in [-0.2, 0) is 0 Å². The molecular weight excluding hydrogens is 472 g/mol. The van der Waals surface area contributed by atoms with Crippen molar-refractivity contribution >= 4 is 36.6 Å². The highest BCUT2D eigenvalue weighted by Crippen LogP contribution is 2.62. The standard InChI is InChI=1S/C33H32NP2/c1-28(29-17-7-2-8-18-29)34-36(32-23-13-5-14-24-32,33-25-15-6-16-26-33)27-35(30-19-9-3-10-20-30)31-21-11-4-12-22-31/h2-26,28,34H,27H2,1H3/q+1. The van der Waals surface area contributed by atoms with E-state index in [1.54, 1.807) is 0 Å². The Hall–Kier alpha value is -3.08. The van der Waals surface area contributed by atoms with Gasteiger partial charge < -0.3 is 0 Å². The lowest BCUT2D eigenvalue weighted by Crippen LogP contribution is -2.38. The van der Waals surface area contributed by atoms with Gasteiger partial charge in [-0.1, -0.05) is 127 Å². The third-order valence-electron chi connectivity index (χ3n) is 6.60. The molecule has 0 bridgehead atoms. The van der Waals surface area contributed by atoms with Gasteiger partial charge in [-0.2, -0.15) is 5.09 Å². The Bertz CT molecular complexity index is 1250. The SMILES string of the molecule is CC(N[P+](CP(c1ccccc1)c1ccccc1)(c1ccccc1)c1ccccc1)c1ccccc1. The number of hydrogen-bond acceptors (Lipinski definition) is 1. The van der Waals surface area contributed by atoms with Gasteiger partial charge in [0.1, 0.15) is 16.5 Å². The van der Waals surface area contributed by atoms with Crippen molar-refractivity contribution in [2.24, 2.45) is 0 Å². The monoisotopic (exact) mass is 504 g/mol. The van der Waals surface area contributed by atoms with Crippen molar-refractivity contribution < 1.29 is 0 Å². The zero-order valence-electron chi connectivity index (χ0n) is 20.6. The van der Waals surface area contributed by atoms with Gasteiger partial charge in [0.15, 0.2) is 7.41 Å². The smallest absolute Gasteiger partial charge is 0.151 e. The van der Waals surface area contributed by atoms with Crippen LogP contribution in [0.3, 0.4) is 0 Å². The lowest BCUT2D eigenvalue weighted by atomic mass is 10.1. The first kappa shape index (κ1) is 24.6. The molecule has 0 saturated heterocycles. The van der Waals surface area contributed by atoms with E-state index in [2.05, 4.69) is 164 Å². The Kier molecular flexibility index (Phi) is 8.04. The number of nitrogens with one attached hydrogen (secondary N) is 1. The number of hydrogen-bond donors (Lipinski definition) is 1. The predicted molar refractivity (Wildman–Crippen MR) is 161 cm³/mol. The summed E-state index contributed by atoms with van der Waals surface area (Å²) in [7, 11) is -2.63. The Labute approximate surface area is 217 Å². The lowest BCUT2D eigenvalue weighted by Gasteiger charge is -2.34. The van der Waals surface area contributed by atoms with Crippen LogP contribution in [0.25, 0.3) is 0 Å². The molecule has 5 rings (SSSR count). The fourth-order valence-electron chi connectivity index (χ4n) is 4.75. The second kappa shape index (κ2) is 11.8. The molecule has 0 radical (unpaired) electrons. The molecule has 0 aliphatic rings. The van der Waals surface area contributed by atoms with Crippen LogP contribution in [0.15, 0.2) is 152 Å². The number of benzene rings is 5. The number of rotatable bonds is 9. The summed E-state index contributed by atoms with van der Waals surface area (Å²) in [5.74, 6) is 1.06. The van der Waals surface area contributed by atoms with Gasteiger partial charge in [0.05, 0.1) is 6.04 Å². The fraction of sp³-hybridized carbons (Fsp3) is 0.0909. The van der Waals surface area contributed by atoms with Gasteiger partial charge in [0.25, 0.3) is 0 Å². The summed E-state index contributed by atoms with van der Waals surface area (Å²) in [5, 5.41) is 9.92. The minimum absolute atomic E-state index is 0.211. The second-order valence-corrected chi connectivity index (χ2v) is 14.9. The Morgan fingerprint density at radius 3 is 1.31 bits per heavy atom. The highest BCUT2D eigenvalue weighted by atomic mass is 31.2. The third-order valence-corrected chi connectivity index (χ3v) is 14.5. The molecule has 0 spiro atoms. The topological polar surface area (TPSA) is 12.0 Å². The Morgan fingerprint density at radius 2 is 0.889 bits per heavy atom. The molecule has 5 aromatic rings. The van der Waals surface area contributed by atoms with Gasteiger partial charge in [0.2, 0.25) is 0 Å². The van der Waals surface area contributed by atoms with Crippen LogP contribution >= 0.6 is 15.3 Å². The maximum Gasteiger partial charge on any atom is 0.151 e. The second-order valence-electron chi connectivity index (χ2n) is 8.98. The summed E-state index contributed by atoms with van der Waals surface area (Å²) >= 11 is 0. The van der Waals surface area contributed by atoms with Crippen LogP contribution in [0.5, 0.6) is 0 Å². The van der Waals surface area contributed by atoms with Crippen molar-refractivity contribution in [3.05, 3.63) is 157 Å². The molecule has 3 heteroatoms. The summed E-state index contributed by atoms with van der Waals surface area (Å²) in [6, 6.07) is 55.6. The summed E-state index contributed by atoms with van der Waals surface area (Å²) in [6.07, 6.45) is 0. The van der Waals surface area contributed by atoms with Crippen molar-refractivity contribution in [2.75, 3.05) is 5.90 Å². The van der Waals surface area contributed by atoms with E-state index >= 15 is 0 Å². The molecular formula is C33H32NP2+. The highest BCUT2D eigenvalue weighted by Gasteiger charge is 2.47. The molecule has 1 N–H and O–H groups in total. The molecule has 1 nitrogen and oxygen atoms in total. The van der Waals surface area contributed by atoms with Crippen molar-refractivity contribution in [3.8, 4) is 0 Å². The Balaban J connectivity index is 1.70. The first-order chi connectivity index (χ1) is 17.8. The van der Waals surface area contributed by atoms with Gasteiger partial charge in [0, 0.05) is 0 Å². The minimum Gasteiger partial charge on any atom is -0.176 e. The van der Waals surface area contributed by atoms with E-state index in [0.29, 0.717) is 0 Å². The molecule has 0 fully saturated rings. The first-order valence-electron chi connectivity index (χ1n) is 12.5. The molecule has 0 saturated carbocycles. The molecule has 5 aromatic carbocycles. The average Bonchev–Trinajstić information content (AvgIpc) is 2.97. The first-order valence-corrected chi connectivity index (χ1v) is 16.0. The van der Waals surface area contributed by atoms with Gasteiger partial charge in [-0.15, -0.1) is 0 Å². The summed E-state index contributed by atoms with van der Waals surface area (Å²) in [5.41, 5.74) is 1.32. The van der Waals surface area contributed by atoms with Crippen LogP contribution in [0, 0.1) is 0 Å². The van der Waals surface area contributed by atoms with E-state index in [0.717, 1.165) is 5.90 Å². The van der Waals surface area contributed by atoms with Gasteiger partial charge in [-0.3, -0.25) is 0 Å². The van der Waals surface area contributed by atoms with Crippen molar-refractivity contribution in [3.63, 3.8) is 0 Å². The van der Waals surface area contributed by atoms with Crippen LogP contribution < -0.4 is 26.3 Å². The molecule has 36 heavy (non-hydrogen) atoms. The zero-order valence-corrected chi connectivity index (χ0v) is 22.4. The molecule has 0 aromatic heterocycles. The summed E-state index contributed by atoms with van der Waals surface area (Å²) in [4.78, 5) is 0. The van der Waals surface area contributed by atoms with Gasteiger partial charge in [-0.25, -0.2) is 0 Å². The van der Waals surface area contributed by atoms with Gasteiger partial charge in [-0.05, 0) is 55.3 Å².